The first-order valence-corrected chi connectivity index (χ1v) is 6.29. The third-order valence-corrected chi connectivity index (χ3v) is 2.76. The fourth-order valence-electron chi connectivity index (χ4n) is 1.77. The van der Waals surface area contributed by atoms with Crippen LogP contribution in [0.4, 0.5) is 23.2 Å². The summed E-state index contributed by atoms with van der Waals surface area (Å²) < 4.78 is 57.9. The fraction of sp³-hybridized carbons (Fsp3) is 0.133. The normalized spacial score (nSPS) is 11.0. The zero-order chi connectivity index (χ0) is 17.0. The average Bonchev–Trinajstić information content (AvgIpc) is 2.48. The Morgan fingerprint density at radius 1 is 1.09 bits per heavy atom. The lowest BCUT2D eigenvalue weighted by atomic mass is 10.2. The lowest BCUT2D eigenvalue weighted by Gasteiger charge is -2.11. The van der Waals surface area contributed by atoms with Gasteiger partial charge >= 0.3 is 6.36 Å². The molecular formula is C15H11F4NO3. The number of halogens is 4. The van der Waals surface area contributed by atoms with Crippen LogP contribution in [0.15, 0.2) is 42.5 Å². The van der Waals surface area contributed by atoms with E-state index in [0.717, 1.165) is 24.3 Å². The number of alkyl halides is 3. The van der Waals surface area contributed by atoms with E-state index >= 15 is 0 Å². The summed E-state index contributed by atoms with van der Waals surface area (Å²) in [6, 6.07) is 7.93. The third kappa shape index (κ3) is 4.60. The summed E-state index contributed by atoms with van der Waals surface area (Å²) in [6.45, 7) is 0. The molecule has 1 N–H and O–H groups in total. The molecule has 0 atom stereocenters. The van der Waals surface area contributed by atoms with Crippen molar-refractivity contribution >= 4 is 11.6 Å². The van der Waals surface area contributed by atoms with E-state index < -0.39 is 23.8 Å². The molecule has 0 aliphatic rings. The van der Waals surface area contributed by atoms with Crippen LogP contribution < -0.4 is 14.8 Å². The number of ether oxygens (including phenoxy) is 2. The van der Waals surface area contributed by atoms with E-state index in [1.807, 2.05) is 0 Å². The number of amides is 1. The van der Waals surface area contributed by atoms with E-state index in [1.165, 1.54) is 25.3 Å². The molecule has 0 fully saturated rings. The number of hydrogen-bond donors (Lipinski definition) is 1. The lowest BCUT2D eigenvalue weighted by molar-refractivity contribution is -0.274. The van der Waals surface area contributed by atoms with Crippen LogP contribution >= 0.6 is 0 Å². The van der Waals surface area contributed by atoms with Crippen LogP contribution in [0.3, 0.4) is 0 Å². The maximum Gasteiger partial charge on any atom is 0.573 e. The molecule has 0 aliphatic heterocycles. The smallest absolute Gasteiger partial charge is 0.494 e. The van der Waals surface area contributed by atoms with Crippen molar-refractivity contribution in [1.82, 2.24) is 0 Å². The largest absolute Gasteiger partial charge is 0.573 e. The van der Waals surface area contributed by atoms with Crippen LogP contribution in [0.1, 0.15) is 10.4 Å². The molecule has 0 aromatic heterocycles. The van der Waals surface area contributed by atoms with Gasteiger partial charge in [0.2, 0.25) is 0 Å². The van der Waals surface area contributed by atoms with Crippen molar-refractivity contribution in [2.24, 2.45) is 0 Å². The van der Waals surface area contributed by atoms with Crippen LogP contribution in [0.25, 0.3) is 0 Å². The van der Waals surface area contributed by atoms with Gasteiger partial charge in [-0.3, -0.25) is 4.79 Å². The number of rotatable bonds is 4. The number of hydrogen-bond acceptors (Lipinski definition) is 3. The Labute approximate surface area is 128 Å². The summed E-state index contributed by atoms with van der Waals surface area (Å²) in [5.74, 6) is -1.44. The highest BCUT2D eigenvalue weighted by Gasteiger charge is 2.31. The summed E-state index contributed by atoms with van der Waals surface area (Å²) in [5.41, 5.74) is 0.334. The number of nitrogens with one attached hydrogen (secondary N) is 1. The molecule has 8 heteroatoms. The summed E-state index contributed by atoms with van der Waals surface area (Å²) in [4.78, 5) is 12.0. The van der Waals surface area contributed by atoms with Gasteiger partial charge in [0.15, 0.2) is 0 Å². The van der Waals surface area contributed by atoms with Gasteiger partial charge in [0.1, 0.15) is 17.3 Å². The molecule has 0 spiro atoms. The summed E-state index contributed by atoms with van der Waals surface area (Å²) in [6.07, 6.45) is -4.80. The maximum absolute atomic E-state index is 13.1. The fourth-order valence-corrected chi connectivity index (χ4v) is 1.77. The molecule has 4 nitrogen and oxygen atoms in total. The van der Waals surface area contributed by atoms with Gasteiger partial charge in [-0.1, -0.05) is 0 Å². The zero-order valence-corrected chi connectivity index (χ0v) is 11.8. The minimum atomic E-state index is -4.80. The van der Waals surface area contributed by atoms with E-state index in [4.69, 9.17) is 4.74 Å². The van der Waals surface area contributed by atoms with Crippen molar-refractivity contribution in [1.29, 1.82) is 0 Å². The highest BCUT2D eigenvalue weighted by Crippen LogP contribution is 2.26. The third-order valence-electron chi connectivity index (χ3n) is 2.76. The SMILES string of the molecule is COc1cc(F)ccc1NC(=O)c1ccc(OC(F)(F)F)cc1. The Hall–Kier alpha value is -2.77. The second-order valence-corrected chi connectivity index (χ2v) is 4.37. The molecule has 2 rings (SSSR count). The average molecular weight is 329 g/mol. The maximum atomic E-state index is 13.1. The Morgan fingerprint density at radius 3 is 2.30 bits per heavy atom. The van der Waals surface area contributed by atoms with Crippen molar-refractivity contribution < 1.29 is 31.8 Å². The molecular weight excluding hydrogens is 318 g/mol. The highest BCUT2D eigenvalue weighted by molar-refractivity contribution is 6.05. The molecule has 0 unspecified atom stereocenters. The van der Waals surface area contributed by atoms with Gasteiger partial charge in [-0.2, -0.15) is 0 Å². The molecule has 0 radical (unpaired) electrons. The molecule has 0 saturated heterocycles. The highest BCUT2D eigenvalue weighted by atomic mass is 19.4. The van der Waals surface area contributed by atoms with Gasteiger partial charge in [-0.25, -0.2) is 4.39 Å². The van der Waals surface area contributed by atoms with Gasteiger partial charge in [0.05, 0.1) is 12.8 Å². The van der Waals surface area contributed by atoms with E-state index in [-0.39, 0.29) is 17.0 Å². The number of benzene rings is 2. The summed E-state index contributed by atoms with van der Waals surface area (Å²) in [7, 11) is 1.31. The lowest BCUT2D eigenvalue weighted by Crippen LogP contribution is -2.17. The number of methoxy groups -OCH3 is 1. The number of carbonyl (C=O) groups is 1. The minimum Gasteiger partial charge on any atom is -0.494 e. The summed E-state index contributed by atoms with van der Waals surface area (Å²) in [5, 5.41) is 2.48. The van der Waals surface area contributed by atoms with Crippen molar-refractivity contribution in [2.45, 2.75) is 6.36 Å². The van der Waals surface area contributed by atoms with Crippen molar-refractivity contribution in [2.75, 3.05) is 12.4 Å². The van der Waals surface area contributed by atoms with E-state index in [9.17, 15) is 22.4 Å². The standard InChI is InChI=1S/C15H11F4NO3/c1-22-13-8-10(16)4-7-12(13)20-14(21)9-2-5-11(6-3-9)23-15(17,18)19/h2-8H,1H3,(H,20,21). The minimum absolute atomic E-state index is 0.103. The van der Waals surface area contributed by atoms with Crippen molar-refractivity contribution in [3.63, 3.8) is 0 Å². The van der Waals surface area contributed by atoms with Gasteiger partial charge < -0.3 is 14.8 Å². The van der Waals surface area contributed by atoms with E-state index in [0.29, 0.717) is 0 Å². The van der Waals surface area contributed by atoms with Crippen molar-refractivity contribution in [3.05, 3.63) is 53.8 Å². The van der Waals surface area contributed by atoms with Gasteiger partial charge in [-0.05, 0) is 36.4 Å². The zero-order valence-electron chi connectivity index (χ0n) is 11.8. The number of carbonyl (C=O) groups excluding carboxylic acids is 1. The molecule has 2 aromatic rings. The molecule has 0 aliphatic carbocycles. The molecule has 122 valence electrons. The molecule has 0 saturated carbocycles. The Kier molecular flexibility index (Phi) is 4.73. The topological polar surface area (TPSA) is 47.6 Å². The summed E-state index contributed by atoms with van der Waals surface area (Å²) >= 11 is 0. The molecule has 0 bridgehead atoms. The van der Waals surface area contributed by atoms with Gasteiger partial charge in [0, 0.05) is 11.6 Å². The molecule has 0 heterocycles. The van der Waals surface area contributed by atoms with Gasteiger partial charge in [0.25, 0.3) is 5.91 Å². The monoisotopic (exact) mass is 329 g/mol. The van der Waals surface area contributed by atoms with Crippen LogP contribution in [0.5, 0.6) is 11.5 Å². The number of anilines is 1. The predicted molar refractivity (Wildman–Crippen MR) is 74.0 cm³/mol. The molecule has 2 aromatic carbocycles. The van der Waals surface area contributed by atoms with E-state index in [2.05, 4.69) is 10.1 Å². The predicted octanol–water partition coefficient (Wildman–Crippen LogP) is 3.99. The first-order valence-electron chi connectivity index (χ1n) is 6.29. The first-order chi connectivity index (χ1) is 10.8. The second kappa shape index (κ2) is 6.55. The first kappa shape index (κ1) is 16.6. The van der Waals surface area contributed by atoms with Crippen LogP contribution in [-0.2, 0) is 0 Å². The van der Waals surface area contributed by atoms with Crippen LogP contribution in [0, 0.1) is 5.82 Å². The Morgan fingerprint density at radius 2 is 1.74 bits per heavy atom. The van der Waals surface area contributed by atoms with Gasteiger partial charge in [-0.15, -0.1) is 13.2 Å². The van der Waals surface area contributed by atoms with Crippen LogP contribution in [-0.4, -0.2) is 19.4 Å². The molecule has 1 amide bonds. The van der Waals surface area contributed by atoms with Crippen LogP contribution in [0.2, 0.25) is 0 Å². The quantitative estimate of drug-likeness (QED) is 0.863. The van der Waals surface area contributed by atoms with E-state index in [1.54, 1.807) is 0 Å². The Balaban J connectivity index is 2.12. The van der Waals surface area contributed by atoms with Crippen molar-refractivity contribution in [3.8, 4) is 11.5 Å². The Bertz CT molecular complexity index is 699. The second-order valence-electron chi connectivity index (χ2n) is 4.37. The molecule has 23 heavy (non-hydrogen) atoms.